The van der Waals surface area contributed by atoms with Crippen molar-refractivity contribution < 1.29 is 4.79 Å². The minimum absolute atomic E-state index is 0.0352. The second-order valence-electron chi connectivity index (χ2n) is 5.55. The molecule has 0 fully saturated rings. The van der Waals surface area contributed by atoms with E-state index in [4.69, 9.17) is 0 Å². The Hall–Kier alpha value is -2.09. The van der Waals surface area contributed by atoms with Gasteiger partial charge in [-0.25, -0.2) is 0 Å². The van der Waals surface area contributed by atoms with Gasteiger partial charge in [-0.2, -0.15) is 0 Å². The maximum absolute atomic E-state index is 12.1. The lowest BCUT2D eigenvalue weighted by Gasteiger charge is -2.14. The minimum Gasteiger partial charge on any atom is -0.349 e. The normalized spacial score (nSPS) is 12.0. The summed E-state index contributed by atoms with van der Waals surface area (Å²) >= 11 is 0. The number of amides is 1. The van der Waals surface area contributed by atoms with Crippen molar-refractivity contribution in [2.45, 2.75) is 39.7 Å². The highest BCUT2D eigenvalue weighted by Crippen LogP contribution is 2.13. The highest BCUT2D eigenvalue weighted by Gasteiger charge is 2.09. The Kier molecular flexibility index (Phi) is 5.15. The van der Waals surface area contributed by atoms with Crippen molar-refractivity contribution in [1.82, 2.24) is 5.32 Å². The quantitative estimate of drug-likeness (QED) is 0.882. The Labute approximate surface area is 127 Å². The minimum atomic E-state index is 0.0352. The standard InChI is InChI=1S/C19H23NO/c1-4-16-7-9-17(10-8-16)13-19(21)20-15(3)18-11-5-14(2)6-12-18/h5-12,15H,4,13H2,1-3H3,(H,20,21). The maximum atomic E-state index is 12.1. The predicted octanol–water partition coefficient (Wildman–Crippen LogP) is 3.98. The van der Waals surface area contributed by atoms with Gasteiger partial charge in [0, 0.05) is 0 Å². The number of nitrogens with one attached hydrogen (secondary N) is 1. The van der Waals surface area contributed by atoms with Gasteiger partial charge >= 0.3 is 0 Å². The van der Waals surface area contributed by atoms with Crippen LogP contribution in [0.4, 0.5) is 0 Å². The van der Waals surface area contributed by atoms with Crippen LogP contribution in [-0.4, -0.2) is 5.91 Å². The first-order chi connectivity index (χ1) is 10.1. The molecule has 1 atom stereocenters. The van der Waals surface area contributed by atoms with E-state index >= 15 is 0 Å². The van der Waals surface area contributed by atoms with Gasteiger partial charge in [0.2, 0.25) is 5.91 Å². The van der Waals surface area contributed by atoms with E-state index in [0.717, 1.165) is 17.5 Å². The molecule has 2 rings (SSSR count). The average Bonchev–Trinajstić information content (AvgIpc) is 2.48. The Morgan fingerprint density at radius 1 is 1.00 bits per heavy atom. The molecule has 0 radical (unpaired) electrons. The fraction of sp³-hybridized carbons (Fsp3) is 0.316. The molecule has 2 aromatic carbocycles. The smallest absolute Gasteiger partial charge is 0.224 e. The monoisotopic (exact) mass is 281 g/mol. The first-order valence-electron chi connectivity index (χ1n) is 7.52. The summed E-state index contributed by atoms with van der Waals surface area (Å²) in [6, 6.07) is 16.6. The van der Waals surface area contributed by atoms with Gasteiger partial charge in [0.15, 0.2) is 0 Å². The van der Waals surface area contributed by atoms with Gasteiger partial charge in [-0.05, 0) is 37.0 Å². The summed E-state index contributed by atoms with van der Waals surface area (Å²) in [5, 5.41) is 3.05. The fourth-order valence-electron chi connectivity index (χ4n) is 2.31. The van der Waals surface area contributed by atoms with Gasteiger partial charge in [0.25, 0.3) is 0 Å². The molecule has 0 aliphatic heterocycles. The van der Waals surface area contributed by atoms with Crippen LogP contribution in [0.2, 0.25) is 0 Å². The van der Waals surface area contributed by atoms with Crippen molar-refractivity contribution in [3.63, 3.8) is 0 Å². The van der Waals surface area contributed by atoms with E-state index in [-0.39, 0.29) is 11.9 Å². The zero-order valence-electron chi connectivity index (χ0n) is 13.0. The number of carbonyl (C=O) groups excluding carboxylic acids is 1. The predicted molar refractivity (Wildman–Crippen MR) is 87.3 cm³/mol. The first-order valence-corrected chi connectivity index (χ1v) is 7.52. The Morgan fingerprint density at radius 2 is 1.57 bits per heavy atom. The van der Waals surface area contributed by atoms with E-state index in [2.05, 4.69) is 55.6 Å². The van der Waals surface area contributed by atoms with Crippen LogP contribution in [-0.2, 0) is 17.6 Å². The molecule has 2 aromatic rings. The zero-order valence-corrected chi connectivity index (χ0v) is 13.0. The molecular weight excluding hydrogens is 258 g/mol. The van der Waals surface area contributed by atoms with E-state index in [1.165, 1.54) is 11.1 Å². The Morgan fingerprint density at radius 3 is 2.14 bits per heavy atom. The molecule has 0 aliphatic rings. The van der Waals surface area contributed by atoms with E-state index in [1.807, 2.05) is 19.1 Å². The van der Waals surface area contributed by atoms with Crippen molar-refractivity contribution in [2.24, 2.45) is 0 Å². The highest BCUT2D eigenvalue weighted by atomic mass is 16.1. The van der Waals surface area contributed by atoms with E-state index in [9.17, 15) is 4.79 Å². The van der Waals surface area contributed by atoms with Gasteiger partial charge in [0.1, 0.15) is 0 Å². The van der Waals surface area contributed by atoms with Crippen molar-refractivity contribution in [2.75, 3.05) is 0 Å². The van der Waals surface area contributed by atoms with E-state index in [0.29, 0.717) is 6.42 Å². The molecule has 110 valence electrons. The van der Waals surface area contributed by atoms with Crippen molar-refractivity contribution >= 4 is 5.91 Å². The first kappa shape index (κ1) is 15.3. The topological polar surface area (TPSA) is 29.1 Å². The third kappa shape index (κ3) is 4.45. The Bertz CT molecular complexity index is 584. The third-order valence-corrected chi connectivity index (χ3v) is 3.75. The summed E-state index contributed by atoms with van der Waals surface area (Å²) in [5.74, 6) is 0.0623. The molecule has 2 heteroatoms. The van der Waals surface area contributed by atoms with Crippen molar-refractivity contribution in [3.8, 4) is 0 Å². The highest BCUT2D eigenvalue weighted by molar-refractivity contribution is 5.79. The fourth-order valence-corrected chi connectivity index (χ4v) is 2.31. The van der Waals surface area contributed by atoms with Gasteiger partial charge in [-0.15, -0.1) is 0 Å². The van der Waals surface area contributed by atoms with Crippen LogP contribution in [0, 0.1) is 6.92 Å². The summed E-state index contributed by atoms with van der Waals surface area (Å²) in [5.41, 5.74) is 4.72. The average molecular weight is 281 g/mol. The molecule has 0 heterocycles. The van der Waals surface area contributed by atoms with Gasteiger partial charge in [0.05, 0.1) is 12.5 Å². The summed E-state index contributed by atoms with van der Waals surface area (Å²) in [7, 11) is 0. The van der Waals surface area contributed by atoms with Crippen LogP contribution in [0.1, 0.15) is 42.1 Å². The van der Waals surface area contributed by atoms with E-state index in [1.54, 1.807) is 0 Å². The number of benzene rings is 2. The molecule has 1 amide bonds. The number of carbonyl (C=O) groups is 1. The lowest BCUT2D eigenvalue weighted by atomic mass is 10.1. The van der Waals surface area contributed by atoms with Crippen molar-refractivity contribution in [1.29, 1.82) is 0 Å². The summed E-state index contributed by atoms with van der Waals surface area (Å²) in [6.07, 6.45) is 1.46. The van der Waals surface area contributed by atoms with Gasteiger partial charge in [-0.3, -0.25) is 4.79 Å². The van der Waals surface area contributed by atoms with Gasteiger partial charge < -0.3 is 5.32 Å². The summed E-state index contributed by atoms with van der Waals surface area (Å²) < 4.78 is 0. The number of hydrogen-bond donors (Lipinski definition) is 1. The molecule has 0 saturated heterocycles. The largest absolute Gasteiger partial charge is 0.349 e. The van der Waals surface area contributed by atoms with E-state index < -0.39 is 0 Å². The second-order valence-corrected chi connectivity index (χ2v) is 5.55. The van der Waals surface area contributed by atoms with Crippen LogP contribution < -0.4 is 5.32 Å². The summed E-state index contributed by atoms with van der Waals surface area (Å²) in [4.78, 5) is 12.1. The lowest BCUT2D eigenvalue weighted by Crippen LogP contribution is -2.28. The molecule has 21 heavy (non-hydrogen) atoms. The molecule has 2 nitrogen and oxygen atoms in total. The Balaban J connectivity index is 1.92. The molecular formula is C19H23NO. The lowest BCUT2D eigenvalue weighted by molar-refractivity contribution is -0.121. The van der Waals surface area contributed by atoms with Gasteiger partial charge in [-0.1, -0.05) is 61.0 Å². The molecule has 0 bridgehead atoms. The summed E-state index contributed by atoms with van der Waals surface area (Å²) in [6.45, 7) is 6.21. The maximum Gasteiger partial charge on any atom is 0.224 e. The zero-order chi connectivity index (χ0) is 15.2. The number of aryl methyl sites for hydroxylation is 2. The molecule has 0 spiro atoms. The van der Waals surface area contributed by atoms with Crippen LogP contribution >= 0.6 is 0 Å². The molecule has 1 unspecified atom stereocenters. The SMILES string of the molecule is CCc1ccc(CC(=O)NC(C)c2ccc(C)cc2)cc1. The number of hydrogen-bond acceptors (Lipinski definition) is 1. The molecule has 0 saturated carbocycles. The molecule has 0 aliphatic carbocycles. The molecule has 1 N–H and O–H groups in total. The second kappa shape index (κ2) is 7.07. The van der Waals surface area contributed by atoms with Crippen LogP contribution in [0.15, 0.2) is 48.5 Å². The number of rotatable bonds is 5. The van der Waals surface area contributed by atoms with Crippen LogP contribution in [0.3, 0.4) is 0 Å². The van der Waals surface area contributed by atoms with Crippen molar-refractivity contribution in [3.05, 3.63) is 70.8 Å². The van der Waals surface area contributed by atoms with Crippen LogP contribution in [0.5, 0.6) is 0 Å². The van der Waals surface area contributed by atoms with Crippen LogP contribution in [0.25, 0.3) is 0 Å². The molecule has 0 aromatic heterocycles. The third-order valence-electron chi connectivity index (χ3n) is 3.75.